The lowest BCUT2D eigenvalue weighted by atomic mass is 9.99. The minimum absolute atomic E-state index is 0.0433. The summed E-state index contributed by atoms with van der Waals surface area (Å²) in [6.45, 7) is 3.42. The van der Waals surface area contributed by atoms with Crippen LogP contribution in [-0.4, -0.2) is 37.3 Å². The number of fused-ring (bicyclic) bond motifs is 2. The Morgan fingerprint density at radius 1 is 0.946 bits per heavy atom. The molecule has 1 amide bonds. The van der Waals surface area contributed by atoms with Crippen LogP contribution in [-0.2, 0) is 23.2 Å². The van der Waals surface area contributed by atoms with Crippen LogP contribution in [0.5, 0.6) is 5.75 Å². The van der Waals surface area contributed by atoms with Crippen molar-refractivity contribution in [2.24, 2.45) is 0 Å². The molecule has 6 rings (SSSR count). The SMILES string of the molecule is O=C1NCc2c(OS(=O)(=O)c3ccc(Br)cc3)ccc(-c3cc4cc(CN5CCCCC5)ccc4[nH]3)c21. The lowest BCUT2D eigenvalue weighted by Crippen LogP contribution is -2.28. The van der Waals surface area contributed by atoms with Gasteiger partial charge in [0.15, 0.2) is 0 Å². The van der Waals surface area contributed by atoms with Crippen LogP contribution < -0.4 is 9.50 Å². The summed E-state index contributed by atoms with van der Waals surface area (Å²) in [7, 11) is -4.06. The monoisotopic (exact) mass is 579 g/mol. The van der Waals surface area contributed by atoms with E-state index in [9.17, 15) is 13.2 Å². The van der Waals surface area contributed by atoms with Crippen molar-refractivity contribution >= 4 is 42.9 Å². The molecule has 0 atom stereocenters. The smallest absolute Gasteiger partial charge is 0.339 e. The first-order valence-electron chi connectivity index (χ1n) is 12.4. The summed E-state index contributed by atoms with van der Waals surface area (Å²) >= 11 is 3.31. The number of halogens is 1. The lowest BCUT2D eigenvalue weighted by Gasteiger charge is -2.26. The lowest BCUT2D eigenvalue weighted by molar-refractivity contribution is 0.0966. The van der Waals surface area contributed by atoms with Crippen molar-refractivity contribution in [1.82, 2.24) is 15.2 Å². The third-order valence-electron chi connectivity index (χ3n) is 7.05. The van der Waals surface area contributed by atoms with E-state index >= 15 is 0 Å². The van der Waals surface area contributed by atoms with E-state index in [0.29, 0.717) is 16.7 Å². The molecule has 190 valence electrons. The number of aromatic nitrogens is 1. The summed E-state index contributed by atoms with van der Waals surface area (Å²) in [6.07, 6.45) is 3.83. The largest absolute Gasteiger partial charge is 0.379 e. The second kappa shape index (κ2) is 9.63. The average molecular weight is 581 g/mol. The summed E-state index contributed by atoms with van der Waals surface area (Å²) in [5, 5.41) is 3.90. The number of carbonyl (C=O) groups excluding carboxylic acids is 1. The van der Waals surface area contributed by atoms with Gasteiger partial charge in [0.1, 0.15) is 10.6 Å². The van der Waals surface area contributed by atoms with E-state index in [0.717, 1.165) is 40.7 Å². The van der Waals surface area contributed by atoms with Crippen LogP contribution >= 0.6 is 15.9 Å². The Kier molecular flexibility index (Phi) is 6.30. The van der Waals surface area contributed by atoms with Gasteiger partial charge in [-0.2, -0.15) is 8.42 Å². The number of nitrogens with zero attached hydrogens (tertiary/aromatic N) is 1. The molecule has 1 fully saturated rings. The van der Waals surface area contributed by atoms with Crippen molar-refractivity contribution in [3.8, 4) is 17.0 Å². The predicted molar refractivity (Wildman–Crippen MR) is 146 cm³/mol. The van der Waals surface area contributed by atoms with E-state index in [-0.39, 0.29) is 23.1 Å². The standard InChI is InChI=1S/C28H26BrN3O4S/c29-20-5-7-21(8-6-20)37(34,35)36-26-11-9-22(27-23(26)16-30-28(27)33)25-15-19-14-18(4-10-24(19)31-25)17-32-12-2-1-3-13-32/h4-11,14-15,31H,1-3,12-13,16-17H2,(H,30,33). The molecule has 4 aromatic rings. The first-order chi connectivity index (χ1) is 17.9. The van der Waals surface area contributed by atoms with Gasteiger partial charge in [0.2, 0.25) is 0 Å². The van der Waals surface area contributed by atoms with Gasteiger partial charge in [-0.1, -0.05) is 28.4 Å². The van der Waals surface area contributed by atoms with E-state index in [2.05, 4.69) is 55.4 Å². The van der Waals surface area contributed by atoms with Gasteiger partial charge in [0.05, 0.1) is 5.56 Å². The van der Waals surface area contributed by atoms with Gasteiger partial charge in [-0.15, -0.1) is 0 Å². The fraction of sp³-hybridized carbons (Fsp3) is 0.250. The summed E-state index contributed by atoms with van der Waals surface area (Å²) in [6, 6.07) is 18.1. The number of carbonyl (C=O) groups is 1. The number of benzene rings is 3. The van der Waals surface area contributed by atoms with Crippen LogP contribution in [0.1, 0.15) is 40.7 Å². The van der Waals surface area contributed by atoms with Gasteiger partial charge in [-0.05, 0) is 86.1 Å². The molecule has 3 aromatic carbocycles. The third-order valence-corrected chi connectivity index (χ3v) is 8.83. The molecular weight excluding hydrogens is 554 g/mol. The highest BCUT2D eigenvalue weighted by molar-refractivity contribution is 9.10. The van der Waals surface area contributed by atoms with Crippen LogP contribution in [0.15, 0.2) is 70.0 Å². The Bertz CT molecular complexity index is 1610. The zero-order valence-electron chi connectivity index (χ0n) is 20.1. The van der Waals surface area contributed by atoms with Gasteiger partial charge in [0.25, 0.3) is 5.91 Å². The molecule has 9 heteroatoms. The Hall–Kier alpha value is -3.14. The molecule has 2 N–H and O–H groups in total. The zero-order valence-corrected chi connectivity index (χ0v) is 22.5. The molecule has 1 saturated heterocycles. The molecule has 7 nitrogen and oxygen atoms in total. The van der Waals surface area contributed by atoms with Crippen molar-refractivity contribution in [1.29, 1.82) is 0 Å². The van der Waals surface area contributed by atoms with Gasteiger partial charge >= 0.3 is 10.1 Å². The molecule has 37 heavy (non-hydrogen) atoms. The maximum atomic E-state index is 12.9. The van der Waals surface area contributed by atoms with E-state index in [1.165, 1.54) is 37.0 Å². The number of hydrogen-bond acceptors (Lipinski definition) is 5. The molecule has 2 aliphatic heterocycles. The molecular formula is C28H26BrN3O4S. The fourth-order valence-corrected chi connectivity index (χ4v) is 6.41. The fourth-order valence-electron chi connectivity index (χ4n) is 5.19. The molecule has 0 bridgehead atoms. The maximum Gasteiger partial charge on any atom is 0.339 e. The highest BCUT2D eigenvalue weighted by atomic mass is 79.9. The predicted octanol–water partition coefficient (Wildman–Crippen LogP) is 5.59. The van der Waals surface area contributed by atoms with Crippen molar-refractivity contribution in [3.05, 3.63) is 81.8 Å². The highest BCUT2D eigenvalue weighted by Gasteiger charge is 2.30. The average Bonchev–Trinajstić information content (AvgIpc) is 3.49. The second-order valence-electron chi connectivity index (χ2n) is 9.58. The van der Waals surface area contributed by atoms with Gasteiger partial charge in [-0.25, -0.2) is 0 Å². The molecule has 0 radical (unpaired) electrons. The second-order valence-corrected chi connectivity index (χ2v) is 12.0. The minimum Gasteiger partial charge on any atom is -0.379 e. The molecule has 1 aromatic heterocycles. The zero-order chi connectivity index (χ0) is 25.6. The number of nitrogens with one attached hydrogen (secondary N) is 2. The molecule has 0 aliphatic carbocycles. The van der Waals surface area contributed by atoms with E-state index in [1.54, 1.807) is 24.3 Å². The van der Waals surface area contributed by atoms with Gasteiger partial charge in [-0.3, -0.25) is 9.69 Å². The number of amides is 1. The summed E-state index contributed by atoms with van der Waals surface area (Å²) in [5.41, 5.74) is 4.75. The van der Waals surface area contributed by atoms with Crippen molar-refractivity contribution in [2.75, 3.05) is 13.1 Å². The first kappa shape index (κ1) is 24.2. The van der Waals surface area contributed by atoms with Crippen LogP contribution in [0, 0.1) is 0 Å². The molecule has 3 heterocycles. The molecule has 0 unspecified atom stereocenters. The van der Waals surface area contributed by atoms with Gasteiger partial charge < -0.3 is 14.5 Å². The molecule has 0 saturated carbocycles. The quantitative estimate of drug-likeness (QED) is 0.290. The van der Waals surface area contributed by atoms with Crippen molar-refractivity contribution in [2.45, 2.75) is 37.2 Å². The van der Waals surface area contributed by atoms with Crippen molar-refractivity contribution < 1.29 is 17.4 Å². The molecule has 2 aliphatic rings. The number of rotatable bonds is 6. The van der Waals surface area contributed by atoms with E-state index in [4.69, 9.17) is 4.18 Å². The number of aromatic amines is 1. The minimum atomic E-state index is -4.06. The first-order valence-corrected chi connectivity index (χ1v) is 14.6. The third kappa shape index (κ3) is 4.79. The Morgan fingerprint density at radius 2 is 1.73 bits per heavy atom. The van der Waals surface area contributed by atoms with Crippen LogP contribution in [0.25, 0.3) is 22.2 Å². The Balaban J connectivity index is 1.32. The number of hydrogen-bond donors (Lipinski definition) is 2. The van der Waals surface area contributed by atoms with Crippen LogP contribution in [0.4, 0.5) is 0 Å². The van der Waals surface area contributed by atoms with E-state index < -0.39 is 10.1 Å². The summed E-state index contributed by atoms with van der Waals surface area (Å²) in [4.78, 5) is 18.8. The summed E-state index contributed by atoms with van der Waals surface area (Å²) in [5.74, 6) is -0.0964. The number of likely N-dealkylation sites (tertiary alicyclic amines) is 1. The Labute approximate surface area is 224 Å². The highest BCUT2D eigenvalue weighted by Crippen LogP contribution is 2.37. The number of H-pyrrole nitrogens is 1. The van der Waals surface area contributed by atoms with Crippen LogP contribution in [0.3, 0.4) is 0 Å². The Morgan fingerprint density at radius 3 is 2.51 bits per heavy atom. The topological polar surface area (TPSA) is 91.5 Å². The van der Waals surface area contributed by atoms with Crippen LogP contribution in [0.2, 0.25) is 0 Å². The number of piperidine rings is 1. The maximum absolute atomic E-state index is 12.9. The molecule has 0 spiro atoms. The summed E-state index contributed by atoms with van der Waals surface area (Å²) < 4.78 is 32.1. The van der Waals surface area contributed by atoms with E-state index in [1.807, 2.05) is 0 Å². The van der Waals surface area contributed by atoms with Gasteiger partial charge in [0, 0.05) is 45.3 Å². The van der Waals surface area contributed by atoms with Crippen molar-refractivity contribution in [3.63, 3.8) is 0 Å². The normalized spacial score (nSPS) is 16.1.